The van der Waals surface area contributed by atoms with Crippen molar-refractivity contribution in [1.29, 1.82) is 0 Å². The number of nitrogens with zero attached hydrogens (tertiary/aromatic N) is 2. The van der Waals surface area contributed by atoms with E-state index in [0.717, 1.165) is 15.8 Å². The maximum absolute atomic E-state index is 5.72. The Labute approximate surface area is 158 Å². The van der Waals surface area contributed by atoms with Crippen LogP contribution in [-0.4, -0.2) is 24.4 Å². The maximum atomic E-state index is 5.72. The Morgan fingerprint density at radius 3 is 2.40 bits per heavy atom. The fourth-order valence-corrected chi connectivity index (χ4v) is 3.26. The number of thioether (sulfide) groups is 1. The summed E-state index contributed by atoms with van der Waals surface area (Å²) in [4.78, 5) is 0. The fourth-order valence-electron chi connectivity index (χ4n) is 2.26. The Balaban J connectivity index is 1.62. The summed E-state index contributed by atoms with van der Waals surface area (Å²) in [5, 5.41) is 8.79. The summed E-state index contributed by atoms with van der Waals surface area (Å²) in [7, 11) is 3.23. The molecular weight excluding hydrogens is 404 g/mol. The molecule has 1 heterocycles. The van der Waals surface area contributed by atoms with Gasteiger partial charge in [-0.3, -0.25) is 0 Å². The quantitative estimate of drug-likeness (QED) is 0.514. The summed E-state index contributed by atoms with van der Waals surface area (Å²) in [6.07, 6.45) is 0.548. The minimum Gasteiger partial charge on any atom is -0.493 e. The highest BCUT2D eigenvalue weighted by molar-refractivity contribution is 9.10. The summed E-state index contributed by atoms with van der Waals surface area (Å²) >= 11 is 4.96. The first-order valence-corrected chi connectivity index (χ1v) is 9.36. The van der Waals surface area contributed by atoms with Crippen molar-refractivity contribution >= 4 is 27.7 Å². The fraction of sp³-hybridized carbons (Fsp3) is 0.222. The predicted octanol–water partition coefficient (Wildman–Crippen LogP) is 4.73. The van der Waals surface area contributed by atoms with E-state index in [4.69, 9.17) is 13.9 Å². The Hall–Kier alpha value is -1.99. The van der Waals surface area contributed by atoms with Crippen LogP contribution in [0.3, 0.4) is 0 Å². The Bertz CT molecular complexity index is 837. The van der Waals surface area contributed by atoms with Crippen LogP contribution in [0.25, 0.3) is 0 Å². The minimum atomic E-state index is 0.548. The highest BCUT2D eigenvalue weighted by Gasteiger charge is 2.10. The summed E-state index contributed by atoms with van der Waals surface area (Å²) in [5.41, 5.74) is 2.22. The third-order valence-corrected chi connectivity index (χ3v) is 4.95. The molecule has 0 aliphatic heterocycles. The van der Waals surface area contributed by atoms with Gasteiger partial charge in [0.15, 0.2) is 11.5 Å². The average Bonchev–Trinajstić information content (AvgIpc) is 3.08. The lowest BCUT2D eigenvalue weighted by Crippen LogP contribution is -1.94. The lowest BCUT2D eigenvalue weighted by atomic mass is 10.1. The van der Waals surface area contributed by atoms with Crippen molar-refractivity contribution in [1.82, 2.24) is 10.2 Å². The molecule has 0 atom stereocenters. The van der Waals surface area contributed by atoms with E-state index in [9.17, 15) is 0 Å². The van der Waals surface area contributed by atoms with Crippen molar-refractivity contribution in [2.75, 3.05) is 14.2 Å². The highest BCUT2D eigenvalue weighted by atomic mass is 79.9. The smallest absolute Gasteiger partial charge is 0.276 e. The van der Waals surface area contributed by atoms with Crippen LogP contribution in [0.1, 0.15) is 17.0 Å². The first kappa shape index (κ1) is 17.8. The van der Waals surface area contributed by atoms with E-state index in [1.54, 1.807) is 14.2 Å². The van der Waals surface area contributed by atoms with Crippen LogP contribution in [0.4, 0.5) is 0 Å². The Kier molecular flexibility index (Phi) is 5.99. The molecule has 0 unspecified atom stereocenters. The zero-order valence-corrected chi connectivity index (χ0v) is 16.3. The Morgan fingerprint density at radius 1 is 0.960 bits per heavy atom. The van der Waals surface area contributed by atoms with Crippen LogP contribution >= 0.6 is 27.7 Å². The predicted molar refractivity (Wildman–Crippen MR) is 100 cm³/mol. The summed E-state index contributed by atoms with van der Waals surface area (Å²) in [6.45, 7) is 0. The van der Waals surface area contributed by atoms with Gasteiger partial charge in [-0.25, -0.2) is 0 Å². The molecule has 0 fully saturated rings. The molecule has 3 rings (SSSR count). The van der Waals surface area contributed by atoms with Crippen LogP contribution in [0, 0.1) is 0 Å². The van der Waals surface area contributed by atoms with E-state index in [2.05, 4.69) is 38.3 Å². The van der Waals surface area contributed by atoms with Gasteiger partial charge in [0, 0.05) is 10.2 Å². The second-order valence-electron chi connectivity index (χ2n) is 5.24. The van der Waals surface area contributed by atoms with E-state index in [0.29, 0.717) is 29.0 Å². The molecule has 7 heteroatoms. The standard InChI is InChI=1S/C18H17BrN2O3S/c1-22-15-8-5-13(9-16(15)23-2)10-17-20-21-18(24-17)25-11-12-3-6-14(19)7-4-12/h3-9H,10-11H2,1-2H3. The van der Waals surface area contributed by atoms with E-state index >= 15 is 0 Å². The van der Waals surface area contributed by atoms with Gasteiger partial charge in [-0.05, 0) is 35.4 Å². The molecule has 0 aliphatic rings. The number of ether oxygens (including phenoxy) is 2. The van der Waals surface area contributed by atoms with Gasteiger partial charge in [0.2, 0.25) is 5.89 Å². The van der Waals surface area contributed by atoms with Gasteiger partial charge >= 0.3 is 0 Å². The molecule has 2 aromatic carbocycles. The molecule has 0 radical (unpaired) electrons. The van der Waals surface area contributed by atoms with Crippen molar-refractivity contribution in [2.45, 2.75) is 17.4 Å². The molecule has 1 aromatic heterocycles. The molecular formula is C18H17BrN2O3S. The van der Waals surface area contributed by atoms with Crippen LogP contribution < -0.4 is 9.47 Å². The van der Waals surface area contributed by atoms with Gasteiger partial charge in [0.1, 0.15) is 0 Å². The topological polar surface area (TPSA) is 57.4 Å². The number of rotatable bonds is 7. The van der Waals surface area contributed by atoms with Crippen LogP contribution in [0.5, 0.6) is 11.5 Å². The number of methoxy groups -OCH3 is 2. The molecule has 0 spiro atoms. The van der Waals surface area contributed by atoms with E-state index in [-0.39, 0.29) is 0 Å². The number of aromatic nitrogens is 2. The number of hydrogen-bond acceptors (Lipinski definition) is 6. The van der Waals surface area contributed by atoms with Crippen LogP contribution in [0.2, 0.25) is 0 Å². The van der Waals surface area contributed by atoms with E-state index in [1.807, 2.05) is 30.3 Å². The Morgan fingerprint density at radius 2 is 1.68 bits per heavy atom. The SMILES string of the molecule is COc1ccc(Cc2nnc(SCc3ccc(Br)cc3)o2)cc1OC. The average molecular weight is 421 g/mol. The van der Waals surface area contributed by atoms with Crippen molar-refractivity contribution in [2.24, 2.45) is 0 Å². The monoisotopic (exact) mass is 420 g/mol. The van der Waals surface area contributed by atoms with Crippen LogP contribution in [-0.2, 0) is 12.2 Å². The van der Waals surface area contributed by atoms with Crippen molar-refractivity contribution in [3.8, 4) is 11.5 Å². The molecule has 0 saturated carbocycles. The molecule has 0 aliphatic carbocycles. The summed E-state index contributed by atoms with van der Waals surface area (Å²) < 4.78 is 17.3. The molecule has 130 valence electrons. The molecule has 5 nitrogen and oxygen atoms in total. The molecule has 25 heavy (non-hydrogen) atoms. The van der Waals surface area contributed by atoms with Crippen molar-refractivity contribution < 1.29 is 13.9 Å². The van der Waals surface area contributed by atoms with Gasteiger partial charge in [0.25, 0.3) is 5.22 Å². The molecule has 0 amide bonds. The van der Waals surface area contributed by atoms with Gasteiger partial charge in [-0.15, -0.1) is 10.2 Å². The third-order valence-electron chi connectivity index (χ3n) is 3.53. The molecule has 3 aromatic rings. The van der Waals surface area contributed by atoms with E-state index < -0.39 is 0 Å². The lowest BCUT2D eigenvalue weighted by Gasteiger charge is -2.08. The van der Waals surface area contributed by atoms with Crippen molar-refractivity contribution in [3.63, 3.8) is 0 Å². The third kappa shape index (κ3) is 4.76. The van der Waals surface area contributed by atoms with Gasteiger partial charge in [-0.2, -0.15) is 0 Å². The first-order valence-electron chi connectivity index (χ1n) is 7.58. The number of hydrogen-bond donors (Lipinski definition) is 0. The van der Waals surface area contributed by atoms with E-state index in [1.165, 1.54) is 17.3 Å². The van der Waals surface area contributed by atoms with Crippen LogP contribution in [0.15, 0.2) is 56.6 Å². The number of halogens is 1. The molecule has 0 N–H and O–H groups in total. The van der Waals surface area contributed by atoms with Crippen molar-refractivity contribution in [3.05, 3.63) is 64.0 Å². The molecule has 0 bridgehead atoms. The lowest BCUT2D eigenvalue weighted by molar-refractivity contribution is 0.354. The highest BCUT2D eigenvalue weighted by Crippen LogP contribution is 2.29. The zero-order chi connectivity index (χ0) is 17.6. The number of benzene rings is 2. The maximum Gasteiger partial charge on any atom is 0.276 e. The van der Waals surface area contributed by atoms with Gasteiger partial charge in [-0.1, -0.05) is 45.9 Å². The first-order chi connectivity index (χ1) is 12.2. The molecule has 0 saturated heterocycles. The second-order valence-corrected chi connectivity index (χ2v) is 7.09. The normalized spacial score (nSPS) is 10.7. The summed E-state index contributed by atoms with van der Waals surface area (Å²) in [6, 6.07) is 13.9. The van der Waals surface area contributed by atoms with Gasteiger partial charge in [0.05, 0.1) is 20.6 Å². The largest absolute Gasteiger partial charge is 0.493 e. The summed E-state index contributed by atoms with van der Waals surface area (Å²) in [5.74, 6) is 2.74. The van der Waals surface area contributed by atoms with Gasteiger partial charge < -0.3 is 13.9 Å². The second kappa shape index (κ2) is 8.40. The zero-order valence-electron chi connectivity index (χ0n) is 13.9. The minimum absolute atomic E-state index is 0.548.